The first kappa shape index (κ1) is 8.75. The summed E-state index contributed by atoms with van der Waals surface area (Å²) < 4.78 is 16.5. The van der Waals surface area contributed by atoms with E-state index in [1.54, 1.807) is 0 Å². The molecule has 0 spiro atoms. The SMILES string of the molecule is O=S1(c2ccccc2)=NCCCC1. The summed E-state index contributed by atoms with van der Waals surface area (Å²) >= 11 is 0. The lowest BCUT2D eigenvalue weighted by Crippen LogP contribution is -2.12. The van der Waals surface area contributed by atoms with E-state index < -0.39 is 9.73 Å². The minimum Gasteiger partial charge on any atom is -0.245 e. The molecule has 0 saturated carbocycles. The van der Waals surface area contributed by atoms with Crippen molar-refractivity contribution in [1.29, 1.82) is 0 Å². The maximum atomic E-state index is 12.2. The largest absolute Gasteiger partial charge is 0.245 e. The van der Waals surface area contributed by atoms with Crippen molar-refractivity contribution in [2.24, 2.45) is 4.36 Å². The molecule has 1 atom stereocenters. The van der Waals surface area contributed by atoms with Gasteiger partial charge in [0.15, 0.2) is 0 Å². The van der Waals surface area contributed by atoms with Crippen molar-refractivity contribution < 1.29 is 4.21 Å². The van der Waals surface area contributed by atoms with Crippen LogP contribution < -0.4 is 0 Å². The van der Waals surface area contributed by atoms with Crippen LogP contribution in [0.2, 0.25) is 0 Å². The minimum atomic E-state index is -2.04. The van der Waals surface area contributed by atoms with Crippen molar-refractivity contribution in [2.45, 2.75) is 17.7 Å². The lowest BCUT2D eigenvalue weighted by Gasteiger charge is -2.14. The molecule has 0 radical (unpaired) electrons. The van der Waals surface area contributed by atoms with E-state index in [0.717, 1.165) is 30.0 Å². The quantitative estimate of drug-likeness (QED) is 0.676. The van der Waals surface area contributed by atoms with E-state index in [4.69, 9.17) is 0 Å². The summed E-state index contributed by atoms with van der Waals surface area (Å²) in [7, 11) is -2.04. The zero-order chi connectivity index (χ0) is 9.15. The van der Waals surface area contributed by atoms with E-state index in [2.05, 4.69) is 4.36 Å². The van der Waals surface area contributed by atoms with Crippen LogP contribution in [0.3, 0.4) is 0 Å². The molecular weight excluding hydrogens is 182 g/mol. The third-order valence-corrected chi connectivity index (χ3v) is 4.69. The summed E-state index contributed by atoms with van der Waals surface area (Å²) in [5.41, 5.74) is 0. The summed E-state index contributed by atoms with van der Waals surface area (Å²) in [6.07, 6.45) is 2.13. The Morgan fingerprint density at radius 3 is 2.54 bits per heavy atom. The highest BCUT2D eigenvalue weighted by Crippen LogP contribution is 2.18. The second-order valence-electron chi connectivity index (χ2n) is 3.22. The summed E-state index contributed by atoms with van der Waals surface area (Å²) in [5, 5.41) is 0. The van der Waals surface area contributed by atoms with Crippen molar-refractivity contribution >= 4 is 9.73 Å². The number of rotatable bonds is 1. The molecule has 1 heterocycles. The first-order valence-electron chi connectivity index (χ1n) is 4.57. The second kappa shape index (κ2) is 3.50. The number of nitrogens with zero attached hydrogens (tertiary/aromatic N) is 1. The van der Waals surface area contributed by atoms with E-state index in [0.29, 0.717) is 0 Å². The van der Waals surface area contributed by atoms with Crippen LogP contribution in [0, 0.1) is 0 Å². The van der Waals surface area contributed by atoms with Gasteiger partial charge in [0.05, 0.1) is 9.73 Å². The molecule has 0 bridgehead atoms. The van der Waals surface area contributed by atoms with Crippen LogP contribution >= 0.6 is 0 Å². The van der Waals surface area contributed by atoms with E-state index in [-0.39, 0.29) is 0 Å². The van der Waals surface area contributed by atoms with Gasteiger partial charge in [0, 0.05) is 17.2 Å². The van der Waals surface area contributed by atoms with E-state index in [9.17, 15) is 4.21 Å². The molecule has 3 heteroatoms. The average molecular weight is 195 g/mol. The van der Waals surface area contributed by atoms with Crippen LogP contribution in [0.4, 0.5) is 0 Å². The van der Waals surface area contributed by atoms with Crippen LogP contribution in [0.25, 0.3) is 0 Å². The van der Waals surface area contributed by atoms with Crippen molar-refractivity contribution in [3.05, 3.63) is 30.3 Å². The predicted octanol–water partition coefficient (Wildman–Crippen LogP) is 2.31. The molecule has 0 N–H and O–H groups in total. The lowest BCUT2D eigenvalue weighted by molar-refractivity contribution is 0.658. The van der Waals surface area contributed by atoms with Gasteiger partial charge in [0.2, 0.25) is 0 Å². The molecule has 2 nitrogen and oxygen atoms in total. The normalized spacial score (nSPS) is 28.0. The first-order valence-corrected chi connectivity index (χ1v) is 6.25. The van der Waals surface area contributed by atoms with Gasteiger partial charge in [-0.05, 0) is 25.0 Å². The maximum absolute atomic E-state index is 12.2. The molecule has 1 aliphatic rings. The average Bonchev–Trinajstić information content (AvgIpc) is 2.20. The topological polar surface area (TPSA) is 29.4 Å². The van der Waals surface area contributed by atoms with Crippen LogP contribution in [-0.4, -0.2) is 16.5 Å². The Bertz CT molecular complexity index is 391. The zero-order valence-corrected chi connectivity index (χ0v) is 8.30. The van der Waals surface area contributed by atoms with Crippen molar-refractivity contribution in [3.63, 3.8) is 0 Å². The van der Waals surface area contributed by atoms with Gasteiger partial charge in [-0.3, -0.25) is 0 Å². The highest BCUT2D eigenvalue weighted by Gasteiger charge is 2.14. The molecule has 0 fully saturated rings. The second-order valence-corrected chi connectivity index (χ2v) is 5.64. The van der Waals surface area contributed by atoms with E-state index in [1.165, 1.54) is 0 Å². The highest BCUT2D eigenvalue weighted by molar-refractivity contribution is 7.93. The Hall–Kier alpha value is -0.830. The fraction of sp³-hybridized carbons (Fsp3) is 0.400. The van der Waals surface area contributed by atoms with Gasteiger partial charge >= 0.3 is 0 Å². The molecule has 2 rings (SSSR count). The smallest absolute Gasteiger partial charge is 0.0752 e. The molecule has 70 valence electrons. The van der Waals surface area contributed by atoms with Gasteiger partial charge in [0.1, 0.15) is 0 Å². The number of hydrogen-bond acceptors (Lipinski definition) is 2. The zero-order valence-electron chi connectivity index (χ0n) is 7.48. The fourth-order valence-corrected chi connectivity index (χ4v) is 3.63. The fourth-order valence-electron chi connectivity index (χ4n) is 1.51. The van der Waals surface area contributed by atoms with Crippen LogP contribution in [0.15, 0.2) is 39.6 Å². The van der Waals surface area contributed by atoms with E-state index in [1.807, 2.05) is 30.3 Å². The Morgan fingerprint density at radius 2 is 1.92 bits per heavy atom. The Morgan fingerprint density at radius 1 is 1.15 bits per heavy atom. The highest BCUT2D eigenvalue weighted by atomic mass is 32.2. The number of benzene rings is 1. The van der Waals surface area contributed by atoms with Crippen LogP contribution in [0.1, 0.15) is 12.8 Å². The summed E-state index contributed by atoms with van der Waals surface area (Å²) in [5.74, 6) is 0.733. The lowest BCUT2D eigenvalue weighted by atomic mass is 10.3. The van der Waals surface area contributed by atoms with Gasteiger partial charge in [0.25, 0.3) is 0 Å². The van der Waals surface area contributed by atoms with Crippen LogP contribution in [0.5, 0.6) is 0 Å². The summed E-state index contributed by atoms with van der Waals surface area (Å²) in [6, 6.07) is 9.61. The van der Waals surface area contributed by atoms with Gasteiger partial charge in [-0.25, -0.2) is 8.57 Å². The molecule has 0 aromatic heterocycles. The van der Waals surface area contributed by atoms with Gasteiger partial charge in [-0.1, -0.05) is 18.2 Å². The van der Waals surface area contributed by atoms with Crippen molar-refractivity contribution in [3.8, 4) is 0 Å². The molecule has 0 saturated heterocycles. The molecule has 1 aromatic rings. The molecule has 0 aliphatic carbocycles. The summed E-state index contributed by atoms with van der Waals surface area (Å²) in [6.45, 7) is 0.758. The number of hydrogen-bond donors (Lipinski definition) is 0. The molecule has 1 unspecified atom stereocenters. The first-order chi connectivity index (χ1) is 6.31. The van der Waals surface area contributed by atoms with E-state index >= 15 is 0 Å². The Kier molecular flexibility index (Phi) is 2.36. The molecule has 0 amide bonds. The van der Waals surface area contributed by atoms with Gasteiger partial charge < -0.3 is 0 Å². The molecule has 1 aromatic carbocycles. The summed E-state index contributed by atoms with van der Waals surface area (Å²) in [4.78, 5) is 0.898. The third-order valence-electron chi connectivity index (χ3n) is 2.24. The Balaban J connectivity index is 2.46. The standard InChI is InChI=1S/C10H13NOS/c12-13(9-5-4-8-11-13)10-6-2-1-3-7-10/h1-3,6-7H,4-5,8-9H2. The van der Waals surface area contributed by atoms with Gasteiger partial charge in [-0.15, -0.1) is 0 Å². The Labute approximate surface area is 79.2 Å². The van der Waals surface area contributed by atoms with Crippen molar-refractivity contribution in [2.75, 3.05) is 12.3 Å². The molecular formula is C10H13NOS. The van der Waals surface area contributed by atoms with Crippen molar-refractivity contribution in [1.82, 2.24) is 0 Å². The molecule has 1 aliphatic heterocycles. The monoisotopic (exact) mass is 195 g/mol. The van der Waals surface area contributed by atoms with Crippen LogP contribution in [-0.2, 0) is 9.73 Å². The predicted molar refractivity (Wildman–Crippen MR) is 54.2 cm³/mol. The molecule has 13 heavy (non-hydrogen) atoms. The van der Waals surface area contributed by atoms with Gasteiger partial charge in [-0.2, -0.15) is 0 Å². The minimum absolute atomic E-state index is 0.733. The maximum Gasteiger partial charge on any atom is 0.0752 e. The third kappa shape index (κ3) is 1.75.